The second-order valence-corrected chi connectivity index (χ2v) is 4.02. The standard InChI is InChI=1S/C9H13NO5S/c1-13-6-7-14-8-4-2-3-5-9(8)15-16(10,11)12/h2-5H,6-7H2,1H3,(H2,10,11,12). The van der Waals surface area contributed by atoms with Gasteiger partial charge in [-0.1, -0.05) is 12.1 Å². The van der Waals surface area contributed by atoms with Gasteiger partial charge in [0, 0.05) is 7.11 Å². The van der Waals surface area contributed by atoms with E-state index in [9.17, 15) is 8.42 Å². The van der Waals surface area contributed by atoms with Gasteiger partial charge in [-0.2, -0.15) is 13.6 Å². The van der Waals surface area contributed by atoms with E-state index >= 15 is 0 Å². The fourth-order valence-corrected chi connectivity index (χ4v) is 1.39. The van der Waals surface area contributed by atoms with Crippen molar-refractivity contribution >= 4 is 10.3 Å². The molecule has 0 atom stereocenters. The van der Waals surface area contributed by atoms with Crippen LogP contribution in [0.4, 0.5) is 0 Å². The highest BCUT2D eigenvalue weighted by Gasteiger charge is 2.10. The third-order valence-electron chi connectivity index (χ3n) is 1.60. The van der Waals surface area contributed by atoms with Gasteiger partial charge >= 0.3 is 10.3 Å². The Balaban J connectivity index is 2.75. The summed E-state index contributed by atoms with van der Waals surface area (Å²) in [5.41, 5.74) is 0. The van der Waals surface area contributed by atoms with Gasteiger partial charge in [0.2, 0.25) is 0 Å². The molecule has 1 rings (SSSR count). The summed E-state index contributed by atoms with van der Waals surface area (Å²) in [6.45, 7) is 0.686. The van der Waals surface area contributed by atoms with Crippen LogP contribution in [-0.4, -0.2) is 28.7 Å². The molecule has 1 aromatic carbocycles. The van der Waals surface area contributed by atoms with Crippen LogP contribution < -0.4 is 14.1 Å². The monoisotopic (exact) mass is 247 g/mol. The molecule has 90 valence electrons. The summed E-state index contributed by atoms with van der Waals surface area (Å²) in [6.07, 6.45) is 0. The number of nitrogens with two attached hydrogens (primary N) is 1. The first kappa shape index (κ1) is 12.8. The lowest BCUT2D eigenvalue weighted by Crippen LogP contribution is -2.19. The summed E-state index contributed by atoms with van der Waals surface area (Å²) in [5.74, 6) is 0.356. The molecule has 0 saturated carbocycles. The molecule has 0 radical (unpaired) electrons. The zero-order valence-electron chi connectivity index (χ0n) is 8.75. The second-order valence-electron chi connectivity index (χ2n) is 2.86. The molecule has 0 aliphatic carbocycles. The van der Waals surface area contributed by atoms with E-state index in [1.165, 1.54) is 13.2 Å². The maximum absolute atomic E-state index is 10.8. The third-order valence-corrected chi connectivity index (χ3v) is 2.01. The summed E-state index contributed by atoms with van der Waals surface area (Å²) in [7, 11) is -2.50. The highest BCUT2D eigenvalue weighted by molar-refractivity contribution is 7.84. The largest absolute Gasteiger partial charge is 0.487 e. The fraction of sp³-hybridized carbons (Fsp3) is 0.333. The molecule has 0 heterocycles. The molecular weight excluding hydrogens is 234 g/mol. The zero-order valence-corrected chi connectivity index (χ0v) is 9.57. The molecule has 0 fully saturated rings. The minimum absolute atomic E-state index is 0.0566. The number of hydrogen-bond acceptors (Lipinski definition) is 5. The zero-order chi connectivity index (χ0) is 12.0. The minimum atomic E-state index is -4.04. The fourth-order valence-electron chi connectivity index (χ4n) is 0.998. The first-order valence-corrected chi connectivity index (χ1v) is 5.93. The Morgan fingerprint density at radius 3 is 2.38 bits per heavy atom. The van der Waals surface area contributed by atoms with Crippen molar-refractivity contribution in [3.05, 3.63) is 24.3 Å². The maximum Gasteiger partial charge on any atom is 0.380 e. The van der Waals surface area contributed by atoms with Crippen LogP contribution in [0.1, 0.15) is 0 Å². The minimum Gasteiger partial charge on any atom is -0.487 e. The molecule has 7 heteroatoms. The molecule has 6 nitrogen and oxygen atoms in total. The lowest BCUT2D eigenvalue weighted by atomic mass is 10.3. The van der Waals surface area contributed by atoms with Gasteiger partial charge in [-0.05, 0) is 12.1 Å². The lowest BCUT2D eigenvalue weighted by Gasteiger charge is -2.10. The summed E-state index contributed by atoms with van der Waals surface area (Å²) in [5, 5.41) is 4.76. The SMILES string of the molecule is COCCOc1ccccc1OS(N)(=O)=O. The molecule has 0 aliphatic heterocycles. The predicted molar refractivity (Wildman–Crippen MR) is 57.5 cm³/mol. The van der Waals surface area contributed by atoms with Gasteiger partial charge in [0.1, 0.15) is 6.61 Å². The molecule has 0 amide bonds. The van der Waals surface area contributed by atoms with Crippen LogP contribution >= 0.6 is 0 Å². The Kier molecular flexibility index (Phi) is 4.53. The summed E-state index contributed by atoms with van der Waals surface area (Å²) < 4.78 is 36.1. The quantitative estimate of drug-likeness (QED) is 0.730. The van der Waals surface area contributed by atoms with Crippen molar-refractivity contribution in [2.24, 2.45) is 5.14 Å². The van der Waals surface area contributed by atoms with E-state index in [1.807, 2.05) is 0 Å². The highest BCUT2D eigenvalue weighted by Crippen LogP contribution is 2.26. The molecular formula is C9H13NO5S. The van der Waals surface area contributed by atoms with Crippen LogP contribution in [0.2, 0.25) is 0 Å². The topological polar surface area (TPSA) is 87.8 Å². The normalized spacial score (nSPS) is 11.1. The first-order chi connectivity index (χ1) is 7.53. The van der Waals surface area contributed by atoms with Crippen molar-refractivity contribution in [1.82, 2.24) is 0 Å². The van der Waals surface area contributed by atoms with E-state index in [4.69, 9.17) is 14.6 Å². The average molecular weight is 247 g/mol. The van der Waals surface area contributed by atoms with Crippen LogP contribution in [0.3, 0.4) is 0 Å². The number of benzene rings is 1. The van der Waals surface area contributed by atoms with Gasteiger partial charge in [0.25, 0.3) is 0 Å². The average Bonchev–Trinajstić information content (AvgIpc) is 2.19. The molecule has 0 unspecified atom stereocenters. The van der Waals surface area contributed by atoms with Crippen LogP contribution in [0.15, 0.2) is 24.3 Å². The van der Waals surface area contributed by atoms with Gasteiger partial charge < -0.3 is 13.7 Å². The van der Waals surface area contributed by atoms with E-state index in [2.05, 4.69) is 4.18 Å². The van der Waals surface area contributed by atoms with Gasteiger partial charge in [-0.3, -0.25) is 0 Å². The number of rotatable bonds is 6. The Morgan fingerprint density at radius 1 is 1.19 bits per heavy atom. The molecule has 16 heavy (non-hydrogen) atoms. The smallest absolute Gasteiger partial charge is 0.380 e. The molecule has 0 aliphatic rings. The van der Waals surface area contributed by atoms with Crippen molar-refractivity contribution in [3.63, 3.8) is 0 Å². The first-order valence-electron chi connectivity index (χ1n) is 4.46. The van der Waals surface area contributed by atoms with Gasteiger partial charge in [-0.15, -0.1) is 0 Å². The lowest BCUT2D eigenvalue weighted by molar-refractivity contribution is 0.145. The molecule has 2 N–H and O–H groups in total. The summed E-state index contributed by atoms with van der Waals surface area (Å²) in [4.78, 5) is 0. The number of ether oxygens (including phenoxy) is 2. The van der Waals surface area contributed by atoms with Crippen LogP contribution in [0.25, 0.3) is 0 Å². The van der Waals surface area contributed by atoms with Gasteiger partial charge in [0.05, 0.1) is 6.61 Å². The van der Waals surface area contributed by atoms with Crippen molar-refractivity contribution < 1.29 is 22.1 Å². The Hall–Kier alpha value is -1.31. The Labute approximate surface area is 94.2 Å². The van der Waals surface area contributed by atoms with E-state index in [0.717, 1.165) is 0 Å². The van der Waals surface area contributed by atoms with Crippen molar-refractivity contribution in [1.29, 1.82) is 0 Å². The Morgan fingerprint density at radius 2 is 1.81 bits per heavy atom. The summed E-state index contributed by atoms with van der Waals surface area (Å²) >= 11 is 0. The van der Waals surface area contributed by atoms with E-state index in [1.54, 1.807) is 18.2 Å². The van der Waals surface area contributed by atoms with Crippen molar-refractivity contribution in [2.45, 2.75) is 0 Å². The molecule has 0 spiro atoms. The highest BCUT2D eigenvalue weighted by atomic mass is 32.2. The number of para-hydroxylation sites is 2. The molecule has 1 aromatic rings. The van der Waals surface area contributed by atoms with E-state index < -0.39 is 10.3 Å². The molecule has 0 saturated heterocycles. The Bertz CT molecular complexity index is 431. The van der Waals surface area contributed by atoms with Crippen molar-refractivity contribution in [2.75, 3.05) is 20.3 Å². The second kappa shape index (κ2) is 5.69. The van der Waals surface area contributed by atoms with Gasteiger partial charge in [-0.25, -0.2) is 0 Å². The van der Waals surface area contributed by atoms with E-state index in [0.29, 0.717) is 19.0 Å². The predicted octanol–water partition coefficient (Wildman–Crippen LogP) is 0.294. The molecule has 0 aromatic heterocycles. The maximum atomic E-state index is 10.8. The number of hydrogen-bond donors (Lipinski definition) is 1. The van der Waals surface area contributed by atoms with Crippen LogP contribution in [-0.2, 0) is 15.0 Å². The molecule has 0 bridgehead atoms. The number of methoxy groups -OCH3 is 1. The van der Waals surface area contributed by atoms with Gasteiger partial charge in [0.15, 0.2) is 11.5 Å². The van der Waals surface area contributed by atoms with E-state index in [-0.39, 0.29) is 5.75 Å². The third kappa shape index (κ3) is 4.47. The van der Waals surface area contributed by atoms with Crippen LogP contribution in [0.5, 0.6) is 11.5 Å². The van der Waals surface area contributed by atoms with Crippen molar-refractivity contribution in [3.8, 4) is 11.5 Å². The summed E-state index contributed by atoms with van der Waals surface area (Å²) in [6, 6.07) is 6.34. The van der Waals surface area contributed by atoms with Crippen LogP contribution in [0, 0.1) is 0 Å².